The number of nitrogens with one attached hydrogen (secondary N) is 1. The summed E-state index contributed by atoms with van der Waals surface area (Å²) in [6, 6.07) is 9.00. The monoisotopic (exact) mass is 479 g/mol. The number of rotatable bonds is 10. The van der Waals surface area contributed by atoms with Crippen molar-refractivity contribution in [2.24, 2.45) is 5.73 Å². The zero-order valence-electron chi connectivity index (χ0n) is 17.5. The van der Waals surface area contributed by atoms with E-state index in [2.05, 4.69) is 15.0 Å². The summed E-state index contributed by atoms with van der Waals surface area (Å²) < 4.78 is 45.7. The van der Waals surface area contributed by atoms with E-state index in [0.717, 1.165) is 11.3 Å². The van der Waals surface area contributed by atoms with E-state index < -0.39 is 25.0 Å². The first kappa shape index (κ1) is 23.7. The molecule has 0 aliphatic rings. The Bertz CT molecular complexity index is 1130. The zero-order chi connectivity index (χ0) is 24.0. The molecule has 0 bridgehead atoms. The summed E-state index contributed by atoms with van der Waals surface area (Å²) in [6.07, 6.45) is 0. The molecule has 3 N–H and O–H groups in total. The van der Waals surface area contributed by atoms with Crippen molar-refractivity contribution in [1.82, 2.24) is 4.98 Å². The molecule has 12 heteroatoms. The molecule has 2 amide bonds. The molecule has 0 fully saturated rings. The molecule has 174 valence electrons. The highest BCUT2D eigenvalue weighted by Crippen LogP contribution is 2.39. The first-order valence-corrected chi connectivity index (χ1v) is 10.2. The van der Waals surface area contributed by atoms with Crippen LogP contribution in [0.5, 0.6) is 23.0 Å². The van der Waals surface area contributed by atoms with Crippen molar-refractivity contribution in [3.05, 3.63) is 47.3 Å². The second-order valence-electron chi connectivity index (χ2n) is 6.33. The second-order valence-corrected chi connectivity index (χ2v) is 7.19. The highest BCUT2D eigenvalue weighted by Gasteiger charge is 2.20. The third-order valence-corrected chi connectivity index (χ3v) is 4.94. The van der Waals surface area contributed by atoms with Gasteiger partial charge in [0.2, 0.25) is 5.75 Å². The van der Waals surface area contributed by atoms with E-state index in [0.29, 0.717) is 11.3 Å². The molecule has 0 atom stereocenters. The number of aromatic nitrogens is 1. The van der Waals surface area contributed by atoms with Crippen LogP contribution in [-0.2, 0) is 4.79 Å². The van der Waals surface area contributed by atoms with E-state index in [-0.39, 0.29) is 33.7 Å². The van der Waals surface area contributed by atoms with Gasteiger partial charge in [-0.25, -0.2) is 4.98 Å². The van der Waals surface area contributed by atoms with Gasteiger partial charge >= 0.3 is 6.61 Å². The van der Waals surface area contributed by atoms with Crippen LogP contribution in [0.1, 0.15) is 10.4 Å². The number of para-hydroxylation sites is 1. The molecular formula is C21H19F2N3O6S. The molecule has 0 aliphatic carbocycles. The molecule has 0 aliphatic heterocycles. The van der Waals surface area contributed by atoms with Crippen molar-refractivity contribution >= 4 is 28.3 Å². The van der Waals surface area contributed by atoms with Gasteiger partial charge in [0.25, 0.3) is 11.8 Å². The van der Waals surface area contributed by atoms with Crippen molar-refractivity contribution in [2.45, 2.75) is 6.61 Å². The van der Waals surface area contributed by atoms with Gasteiger partial charge in [-0.1, -0.05) is 12.1 Å². The van der Waals surface area contributed by atoms with E-state index in [1.165, 1.54) is 32.4 Å². The summed E-state index contributed by atoms with van der Waals surface area (Å²) in [5.41, 5.74) is 5.98. The number of primary amides is 1. The Hall–Kier alpha value is -3.93. The maximum absolute atomic E-state index is 12.8. The lowest BCUT2D eigenvalue weighted by Crippen LogP contribution is -2.20. The maximum Gasteiger partial charge on any atom is 0.387 e. The molecule has 1 aromatic heterocycles. The van der Waals surface area contributed by atoms with Crippen molar-refractivity contribution < 1.29 is 37.3 Å². The Labute approximate surface area is 191 Å². The topological polar surface area (TPSA) is 122 Å². The number of alkyl halides is 2. The Balaban J connectivity index is 1.83. The van der Waals surface area contributed by atoms with E-state index in [4.69, 9.17) is 19.9 Å². The van der Waals surface area contributed by atoms with E-state index in [9.17, 15) is 18.4 Å². The molecule has 33 heavy (non-hydrogen) atoms. The number of carbonyl (C=O) groups excluding carboxylic acids is 2. The fraction of sp³-hybridized carbons (Fsp3) is 0.190. The first-order valence-electron chi connectivity index (χ1n) is 9.30. The summed E-state index contributed by atoms with van der Waals surface area (Å²) in [7, 11) is 2.72. The van der Waals surface area contributed by atoms with Gasteiger partial charge in [0.15, 0.2) is 23.2 Å². The van der Waals surface area contributed by atoms with Crippen molar-refractivity contribution in [2.75, 3.05) is 26.1 Å². The molecule has 2 aromatic carbocycles. The minimum atomic E-state index is -2.98. The third kappa shape index (κ3) is 5.86. The minimum Gasteiger partial charge on any atom is -0.493 e. The summed E-state index contributed by atoms with van der Waals surface area (Å²) in [5.74, 6) is -0.844. The molecule has 0 unspecified atom stereocenters. The number of benzene rings is 2. The number of nitrogens with zero attached hydrogens (tertiary/aromatic N) is 1. The van der Waals surface area contributed by atoms with Gasteiger partial charge in [-0.3, -0.25) is 14.9 Å². The van der Waals surface area contributed by atoms with Gasteiger partial charge in [0, 0.05) is 16.5 Å². The quantitative estimate of drug-likeness (QED) is 0.456. The van der Waals surface area contributed by atoms with Gasteiger partial charge in [0.05, 0.1) is 19.9 Å². The largest absolute Gasteiger partial charge is 0.493 e. The normalized spacial score (nSPS) is 10.6. The van der Waals surface area contributed by atoms with E-state index >= 15 is 0 Å². The SMILES string of the molecule is COc1cc(C(=O)Nc2nc(-c3ccccc3OC(F)F)cs2)cc(OC)c1OCC(N)=O. The molecule has 9 nitrogen and oxygen atoms in total. The Kier molecular flexibility index (Phi) is 7.61. The van der Waals surface area contributed by atoms with Crippen LogP contribution in [0.3, 0.4) is 0 Å². The Morgan fingerprint density at radius 1 is 1.12 bits per heavy atom. The highest BCUT2D eigenvalue weighted by atomic mass is 32.1. The van der Waals surface area contributed by atoms with Gasteiger partial charge in [-0.2, -0.15) is 8.78 Å². The van der Waals surface area contributed by atoms with Gasteiger partial charge in [-0.15, -0.1) is 11.3 Å². The minimum absolute atomic E-state index is 0.0308. The molecule has 3 aromatic rings. The predicted octanol–water partition coefficient (Wildman–Crippen LogP) is 3.55. The first-order chi connectivity index (χ1) is 15.8. The molecule has 1 heterocycles. The highest BCUT2D eigenvalue weighted by molar-refractivity contribution is 7.14. The summed E-state index contributed by atoms with van der Waals surface area (Å²) >= 11 is 1.10. The van der Waals surface area contributed by atoms with Crippen LogP contribution >= 0.6 is 11.3 Å². The fourth-order valence-electron chi connectivity index (χ4n) is 2.80. The number of thiazole rings is 1. The second kappa shape index (κ2) is 10.6. The summed E-state index contributed by atoms with van der Waals surface area (Å²) in [5, 5.41) is 4.47. The van der Waals surface area contributed by atoms with E-state index in [1.54, 1.807) is 23.6 Å². The van der Waals surface area contributed by atoms with Crippen LogP contribution in [0.25, 0.3) is 11.3 Å². The third-order valence-electron chi connectivity index (χ3n) is 4.19. The average Bonchev–Trinajstić information content (AvgIpc) is 3.25. The van der Waals surface area contributed by atoms with Crippen LogP contribution in [0.4, 0.5) is 13.9 Å². The standard InChI is InChI=1S/C21H19F2N3O6S/c1-29-15-7-11(8-16(30-2)18(15)31-9-17(24)27)19(28)26-21-25-13(10-33-21)12-5-3-4-6-14(12)32-20(22)23/h3-8,10,20H,9H2,1-2H3,(H2,24,27)(H,25,26,28). The lowest BCUT2D eigenvalue weighted by atomic mass is 10.1. The fourth-order valence-corrected chi connectivity index (χ4v) is 3.50. The number of halogens is 2. The van der Waals surface area contributed by atoms with Gasteiger partial charge in [0.1, 0.15) is 5.75 Å². The lowest BCUT2D eigenvalue weighted by molar-refractivity contribution is -0.120. The average molecular weight is 479 g/mol. The number of hydrogen-bond acceptors (Lipinski definition) is 8. The molecule has 0 radical (unpaired) electrons. The maximum atomic E-state index is 12.8. The molecule has 3 rings (SSSR count). The molecular weight excluding hydrogens is 460 g/mol. The van der Waals surface area contributed by atoms with Crippen molar-refractivity contribution in [1.29, 1.82) is 0 Å². The van der Waals surface area contributed by atoms with Crippen molar-refractivity contribution in [3.63, 3.8) is 0 Å². The van der Waals surface area contributed by atoms with Crippen LogP contribution < -0.4 is 30.0 Å². The van der Waals surface area contributed by atoms with Gasteiger partial charge < -0.3 is 24.7 Å². The molecule has 0 saturated heterocycles. The smallest absolute Gasteiger partial charge is 0.387 e. The number of nitrogens with two attached hydrogens (primary N) is 1. The van der Waals surface area contributed by atoms with Crippen molar-refractivity contribution in [3.8, 4) is 34.3 Å². The van der Waals surface area contributed by atoms with E-state index in [1.807, 2.05) is 0 Å². The summed E-state index contributed by atoms with van der Waals surface area (Å²) in [6.45, 7) is -3.39. The van der Waals surface area contributed by atoms with Crippen LogP contribution in [0, 0.1) is 0 Å². The number of amides is 2. The number of methoxy groups -OCH3 is 2. The predicted molar refractivity (Wildman–Crippen MR) is 116 cm³/mol. The molecule has 0 spiro atoms. The molecule has 0 saturated carbocycles. The van der Waals surface area contributed by atoms with Crippen LogP contribution in [0.2, 0.25) is 0 Å². The van der Waals surface area contributed by atoms with Crippen LogP contribution in [-0.4, -0.2) is 44.2 Å². The number of anilines is 1. The van der Waals surface area contributed by atoms with Crippen LogP contribution in [0.15, 0.2) is 41.8 Å². The lowest BCUT2D eigenvalue weighted by Gasteiger charge is -2.15. The number of ether oxygens (including phenoxy) is 4. The number of hydrogen-bond donors (Lipinski definition) is 2. The van der Waals surface area contributed by atoms with Gasteiger partial charge in [-0.05, 0) is 24.3 Å². The number of carbonyl (C=O) groups is 2. The zero-order valence-corrected chi connectivity index (χ0v) is 18.3. The Morgan fingerprint density at radius 3 is 2.39 bits per heavy atom. The summed E-state index contributed by atoms with van der Waals surface area (Å²) in [4.78, 5) is 28.1. The Morgan fingerprint density at radius 2 is 1.79 bits per heavy atom.